The second kappa shape index (κ2) is 8.49. The van der Waals surface area contributed by atoms with E-state index in [4.69, 9.17) is 17.5 Å². The molecule has 1 aliphatic rings. The highest BCUT2D eigenvalue weighted by Crippen LogP contribution is 2.28. The predicted octanol–water partition coefficient (Wildman–Crippen LogP) is 4.41. The molecule has 3 aromatic rings. The smallest absolute Gasteiger partial charge is 0.270 e. The van der Waals surface area contributed by atoms with E-state index in [0.717, 1.165) is 33.8 Å². The highest BCUT2D eigenvalue weighted by Gasteiger charge is 2.35. The van der Waals surface area contributed by atoms with Gasteiger partial charge in [-0.25, -0.2) is 0 Å². The fourth-order valence-corrected chi connectivity index (χ4v) is 4.38. The third kappa shape index (κ3) is 3.97. The zero-order valence-electron chi connectivity index (χ0n) is 18.8. The Balaban J connectivity index is 1.76. The molecule has 0 radical (unpaired) electrons. The first-order chi connectivity index (χ1) is 15.7. The van der Waals surface area contributed by atoms with Gasteiger partial charge in [-0.2, -0.15) is 5.26 Å². The number of hydrogen-bond acceptors (Lipinski definition) is 4. The molecule has 1 N–H and O–H groups in total. The van der Waals surface area contributed by atoms with Gasteiger partial charge < -0.3 is 4.57 Å². The van der Waals surface area contributed by atoms with Crippen LogP contribution < -0.4 is 10.2 Å². The van der Waals surface area contributed by atoms with Crippen molar-refractivity contribution in [1.82, 2.24) is 9.88 Å². The van der Waals surface area contributed by atoms with Crippen LogP contribution in [0.15, 0.2) is 54.1 Å². The minimum Gasteiger partial charge on any atom is -0.318 e. The minimum atomic E-state index is -0.519. The van der Waals surface area contributed by atoms with Gasteiger partial charge in [0.2, 0.25) is 0 Å². The molecule has 0 bridgehead atoms. The number of carbonyl (C=O) groups excluding carboxylic acids is 2. The third-order valence-corrected chi connectivity index (χ3v) is 6.00. The van der Waals surface area contributed by atoms with E-state index in [9.17, 15) is 9.59 Å². The molecular formula is C26H22N4O2S. The fourth-order valence-electron chi connectivity index (χ4n) is 4.10. The lowest BCUT2D eigenvalue weighted by atomic mass is 10.0. The molecule has 1 fully saturated rings. The van der Waals surface area contributed by atoms with Crippen LogP contribution in [0.3, 0.4) is 0 Å². The Hall–Kier alpha value is -4.02. The number of nitrogens with zero attached hydrogens (tertiary/aromatic N) is 3. The summed E-state index contributed by atoms with van der Waals surface area (Å²) < 4.78 is 2.02. The molecule has 4 rings (SSSR count). The Bertz CT molecular complexity index is 1390. The van der Waals surface area contributed by atoms with Crippen LogP contribution in [0.4, 0.5) is 5.69 Å². The molecule has 7 heteroatoms. The average Bonchev–Trinajstić information content (AvgIpc) is 3.05. The maximum atomic E-state index is 13.4. The third-order valence-electron chi connectivity index (χ3n) is 5.72. The van der Waals surface area contributed by atoms with E-state index >= 15 is 0 Å². The summed E-state index contributed by atoms with van der Waals surface area (Å²) in [6.45, 7) is 7.76. The van der Waals surface area contributed by atoms with Crippen LogP contribution >= 0.6 is 12.2 Å². The predicted molar refractivity (Wildman–Crippen MR) is 132 cm³/mol. The monoisotopic (exact) mass is 454 g/mol. The number of aromatic nitrogens is 1. The molecule has 33 heavy (non-hydrogen) atoms. The molecule has 0 aliphatic carbocycles. The number of amides is 2. The normalized spacial score (nSPS) is 15.1. The number of rotatable bonds is 3. The van der Waals surface area contributed by atoms with E-state index in [1.54, 1.807) is 18.2 Å². The molecule has 6 nitrogen and oxygen atoms in total. The number of nitriles is 1. The van der Waals surface area contributed by atoms with Crippen LogP contribution in [0.1, 0.15) is 33.6 Å². The first-order valence-corrected chi connectivity index (χ1v) is 10.8. The maximum Gasteiger partial charge on any atom is 0.270 e. The number of benzene rings is 2. The summed E-state index contributed by atoms with van der Waals surface area (Å²) in [6.07, 6.45) is 1.61. The lowest BCUT2D eigenvalue weighted by molar-refractivity contribution is -0.122. The quantitative estimate of drug-likeness (QED) is 0.361. The highest BCUT2D eigenvalue weighted by atomic mass is 32.1. The number of hydrogen-bond donors (Lipinski definition) is 1. The van der Waals surface area contributed by atoms with Gasteiger partial charge in [-0.3, -0.25) is 19.8 Å². The first kappa shape index (κ1) is 22.2. The van der Waals surface area contributed by atoms with Crippen molar-refractivity contribution in [3.8, 4) is 11.8 Å². The minimum absolute atomic E-state index is 0.0173. The molecule has 164 valence electrons. The van der Waals surface area contributed by atoms with Gasteiger partial charge in [-0.1, -0.05) is 17.7 Å². The summed E-state index contributed by atoms with van der Waals surface area (Å²) in [4.78, 5) is 27.5. The van der Waals surface area contributed by atoms with Crippen LogP contribution in [0, 0.1) is 39.0 Å². The van der Waals surface area contributed by atoms with Crippen LogP contribution in [0.2, 0.25) is 0 Å². The Morgan fingerprint density at radius 2 is 1.70 bits per heavy atom. The summed E-state index contributed by atoms with van der Waals surface area (Å²) in [6, 6.07) is 17.0. The molecule has 1 aromatic heterocycles. The maximum absolute atomic E-state index is 13.4. The van der Waals surface area contributed by atoms with Gasteiger partial charge in [0.15, 0.2) is 5.11 Å². The van der Waals surface area contributed by atoms with Crippen molar-refractivity contribution in [2.75, 3.05) is 4.90 Å². The van der Waals surface area contributed by atoms with Crippen molar-refractivity contribution in [2.24, 2.45) is 0 Å². The molecule has 2 amide bonds. The van der Waals surface area contributed by atoms with Crippen LogP contribution in [-0.4, -0.2) is 21.5 Å². The van der Waals surface area contributed by atoms with Gasteiger partial charge >= 0.3 is 0 Å². The van der Waals surface area contributed by atoms with Crippen molar-refractivity contribution < 1.29 is 9.59 Å². The largest absolute Gasteiger partial charge is 0.318 e. The number of carbonyl (C=O) groups is 2. The Labute approximate surface area is 197 Å². The second-order valence-electron chi connectivity index (χ2n) is 8.07. The average molecular weight is 455 g/mol. The number of aryl methyl sites for hydroxylation is 3. The van der Waals surface area contributed by atoms with Crippen molar-refractivity contribution in [1.29, 1.82) is 5.26 Å². The number of nitrogens with one attached hydrogen (secondary N) is 1. The second-order valence-corrected chi connectivity index (χ2v) is 8.46. The van der Waals surface area contributed by atoms with Gasteiger partial charge in [0.25, 0.3) is 11.8 Å². The van der Waals surface area contributed by atoms with Gasteiger partial charge in [0, 0.05) is 17.1 Å². The van der Waals surface area contributed by atoms with Crippen molar-refractivity contribution >= 4 is 40.9 Å². The molecule has 2 heterocycles. The van der Waals surface area contributed by atoms with Gasteiger partial charge in [-0.05, 0) is 93.5 Å². The molecule has 0 atom stereocenters. The highest BCUT2D eigenvalue weighted by molar-refractivity contribution is 7.80. The van der Waals surface area contributed by atoms with E-state index in [2.05, 4.69) is 11.4 Å². The van der Waals surface area contributed by atoms with E-state index in [1.165, 1.54) is 4.90 Å². The van der Waals surface area contributed by atoms with Crippen LogP contribution in [0.5, 0.6) is 0 Å². The summed E-state index contributed by atoms with van der Waals surface area (Å²) in [7, 11) is 0. The Morgan fingerprint density at radius 1 is 1.00 bits per heavy atom. The lowest BCUT2D eigenvalue weighted by Crippen LogP contribution is -2.54. The van der Waals surface area contributed by atoms with Crippen molar-refractivity contribution in [2.45, 2.75) is 27.7 Å². The summed E-state index contributed by atoms with van der Waals surface area (Å²) in [5, 5.41) is 11.8. The van der Waals surface area contributed by atoms with E-state index < -0.39 is 11.8 Å². The van der Waals surface area contributed by atoms with E-state index in [-0.39, 0.29) is 10.7 Å². The zero-order valence-corrected chi connectivity index (χ0v) is 19.6. The first-order valence-electron chi connectivity index (χ1n) is 10.4. The van der Waals surface area contributed by atoms with Crippen LogP contribution in [-0.2, 0) is 9.59 Å². The van der Waals surface area contributed by atoms with Gasteiger partial charge in [-0.15, -0.1) is 0 Å². The number of anilines is 1. The summed E-state index contributed by atoms with van der Waals surface area (Å²) in [5.74, 6) is -0.979. The topological polar surface area (TPSA) is 78.1 Å². The summed E-state index contributed by atoms with van der Waals surface area (Å²) >= 11 is 5.33. The molecule has 0 unspecified atom stereocenters. The zero-order chi connectivity index (χ0) is 23.9. The fraction of sp³-hybridized carbons (Fsp3) is 0.154. The van der Waals surface area contributed by atoms with Crippen molar-refractivity contribution in [3.05, 3.63) is 87.7 Å². The molecule has 0 saturated carbocycles. The molecule has 0 spiro atoms. The summed E-state index contributed by atoms with van der Waals surface area (Å²) in [5.41, 5.74) is 6.66. The van der Waals surface area contributed by atoms with Gasteiger partial charge in [0.1, 0.15) is 5.57 Å². The molecular weight excluding hydrogens is 432 g/mol. The molecule has 2 aromatic carbocycles. The Kier molecular flexibility index (Phi) is 5.71. The lowest BCUT2D eigenvalue weighted by Gasteiger charge is -2.30. The van der Waals surface area contributed by atoms with E-state index in [1.807, 2.05) is 68.7 Å². The molecule has 1 saturated heterocycles. The van der Waals surface area contributed by atoms with Crippen LogP contribution in [0.25, 0.3) is 11.8 Å². The Morgan fingerprint density at radius 3 is 2.33 bits per heavy atom. The molecule has 1 aliphatic heterocycles. The SMILES string of the molecule is Cc1ccc(N2C(=O)/C(=C/c3cc(C)n(-c4ccc(C#N)cc4)c3C)C(=O)NC2=S)c(C)c1. The van der Waals surface area contributed by atoms with Crippen molar-refractivity contribution in [3.63, 3.8) is 0 Å². The van der Waals surface area contributed by atoms with E-state index in [0.29, 0.717) is 11.3 Å². The van der Waals surface area contributed by atoms with Gasteiger partial charge in [0.05, 0.1) is 17.3 Å². The standard InChI is InChI=1S/C26H22N4O2S/c1-15-5-10-23(16(2)11-15)30-25(32)22(24(31)28-26(30)33)13-20-12-17(3)29(18(20)4)21-8-6-19(14-27)7-9-21/h5-13H,1-4H3,(H,28,31,33)/b22-13+. The number of thiocarbonyl (C=S) groups is 1.